The van der Waals surface area contributed by atoms with Gasteiger partial charge in [-0.2, -0.15) is 0 Å². The Morgan fingerprint density at radius 1 is 1.10 bits per heavy atom. The first-order chi connectivity index (χ1) is 14.3. The highest BCUT2D eigenvalue weighted by Gasteiger charge is 2.12. The smallest absolute Gasteiger partial charge is 0.191 e. The van der Waals surface area contributed by atoms with Crippen LogP contribution in [0, 0.1) is 0 Å². The Kier molecular flexibility index (Phi) is 8.07. The van der Waals surface area contributed by atoms with E-state index in [2.05, 4.69) is 85.9 Å². The summed E-state index contributed by atoms with van der Waals surface area (Å²) < 4.78 is 2.07. The molecule has 3 aromatic rings. The number of guanidine groups is 1. The fraction of sp³-hybridized carbons (Fsp3) is 0.250. The van der Waals surface area contributed by atoms with E-state index >= 15 is 0 Å². The zero-order valence-corrected chi connectivity index (χ0v) is 19.5. The maximum Gasteiger partial charge on any atom is 0.191 e. The molecule has 0 fully saturated rings. The van der Waals surface area contributed by atoms with E-state index in [0.717, 1.165) is 31.9 Å². The normalized spacial score (nSPS) is 13.8. The molecule has 1 aliphatic carbocycles. The molecule has 0 radical (unpaired) electrons. The predicted octanol–water partition coefficient (Wildman–Crippen LogP) is 4.60. The summed E-state index contributed by atoms with van der Waals surface area (Å²) in [4.78, 5) is 8.48. The molecule has 4 rings (SSSR count). The van der Waals surface area contributed by atoms with Crippen LogP contribution >= 0.6 is 24.0 Å². The number of aliphatic imine (C=N–C) groups is 1. The van der Waals surface area contributed by atoms with Gasteiger partial charge < -0.3 is 15.2 Å². The molecule has 156 valence electrons. The molecule has 1 aliphatic rings. The lowest BCUT2D eigenvalue weighted by molar-refractivity contribution is 0.633. The van der Waals surface area contributed by atoms with Crippen molar-refractivity contribution in [2.45, 2.75) is 32.0 Å². The summed E-state index contributed by atoms with van der Waals surface area (Å²) in [5, 5.41) is 6.96. The molecule has 30 heavy (non-hydrogen) atoms. The highest BCUT2D eigenvalue weighted by atomic mass is 127. The standard InChI is InChI=1S/C24H27N5.HI/c1-25-24(28-22-7-3-4-8-22)27-16-21-6-2-5-9-23(21)20-12-10-19(11-13-20)17-29-15-14-26-18-29;/h2-6,9-15,18,22H,7-8,16-17H2,1H3,(H2,25,27,28);1H. The second kappa shape index (κ2) is 11.0. The van der Waals surface area contributed by atoms with Gasteiger partial charge in [-0.15, -0.1) is 24.0 Å². The number of hydrogen-bond donors (Lipinski definition) is 2. The molecule has 2 aromatic carbocycles. The van der Waals surface area contributed by atoms with Crippen LogP contribution in [0.4, 0.5) is 0 Å². The number of rotatable bonds is 6. The minimum Gasteiger partial charge on any atom is -0.353 e. The molecule has 0 saturated carbocycles. The van der Waals surface area contributed by atoms with Gasteiger partial charge >= 0.3 is 0 Å². The van der Waals surface area contributed by atoms with Crippen molar-refractivity contribution in [3.8, 4) is 11.1 Å². The third-order valence-electron chi connectivity index (χ3n) is 5.23. The average Bonchev–Trinajstić information content (AvgIpc) is 3.46. The maximum absolute atomic E-state index is 4.38. The van der Waals surface area contributed by atoms with Gasteiger partial charge in [0.1, 0.15) is 0 Å². The Balaban J connectivity index is 0.00000256. The van der Waals surface area contributed by atoms with Gasteiger partial charge in [-0.1, -0.05) is 60.7 Å². The number of hydrogen-bond acceptors (Lipinski definition) is 2. The van der Waals surface area contributed by atoms with E-state index in [4.69, 9.17) is 0 Å². The van der Waals surface area contributed by atoms with Crippen LogP contribution in [0.25, 0.3) is 11.1 Å². The van der Waals surface area contributed by atoms with Crippen LogP contribution in [0.1, 0.15) is 24.0 Å². The van der Waals surface area contributed by atoms with Crippen molar-refractivity contribution in [3.63, 3.8) is 0 Å². The van der Waals surface area contributed by atoms with Crippen LogP contribution in [-0.2, 0) is 13.1 Å². The van der Waals surface area contributed by atoms with Crippen LogP contribution in [0.15, 0.2) is 84.4 Å². The van der Waals surface area contributed by atoms with Gasteiger partial charge in [0.25, 0.3) is 0 Å². The van der Waals surface area contributed by atoms with Crippen molar-refractivity contribution in [2.75, 3.05) is 7.05 Å². The fourth-order valence-corrected chi connectivity index (χ4v) is 3.64. The summed E-state index contributed by atoms with van der Waals surface area (Å²) in [5.74, 6) is 0.851. The molecule has 6 heteroatoms. The van der Waals surface area contributed by atoms with Crippen LogP contribution in [0.2, 0.25) is 0 Å². The Morgan fingerprint density at radius 2 is 1.87 bits per heavy atom. The van der Waals surface area contributed by atoms with E-state index in [9.17, 15) is 0 Å². The van der Waals surface area contributed by atoms with E-state index in [-0.39, 0.29) is 24.0 Å². The third kappa shape index (κ3) is 5.72. The second-order valence-corrected chi connectivity index (χ2v) is 7.30. The largest absolute Gasteiger partial charge is 0.353 e. The topological polar surface area (TPSA) is 54.2 Å². The SMILES string of the molecule is CN=C(NCc1ccccc1-c1ccc(Cn2ccnc2)cc1)NC1CC=CC1.I. The van der Waals surface area contributed by atoms with Gasteiger partial charge in [-0.3, -0.25) is 4.99 Å². The zero-order chi connectivity index (χ0) is 19.9. The van der Waals surface area contributed by atoms with Crippen molar-refractivity contribution in [1.82, 2.24) is 20.2 Å². The van der Waals surface area contributed by atoms with Crippen LogP contribution in [0.5, 0.6) is 0 Å². The van der Waals surface area contributed by atoms with Gasteiger partial charge in [-0.25, -0.2) is 4.98 Å². The molecule has 0 saturated heterocycles. The minimum absolute atomic E-state index is 0. The van der Waals surface area contributed by atoms with Gasteiger partial charge in [0.05, 0.1) is 6.33 Å². The Morgan fingerprint density at radius 3 is 2.57 bits per heavy atom. The molecule has 0 aliphatic heterocycles. The molecule has 2 N–H and O–H groups in total. The molecule has 0 amide bonds. The number of nitrogens with zero attached hydrogens (tertiary/aromatic N) is 3. The van der Waals surface area contributed by atoms with E-state index in [0.29, 0.717) is 6.04 Å². The number of halogens is 1. The molecular weight excluding hydrogens is 485 g/mol. The molecule has 1 heterocycles. The van der Waals surface area contributed by atoms with Gasteiger partial charge in [0.15, 0.2) is 5.96 Å². The second-order valence-electron chi connectivity index (χ2n) is 7.30. The summed E-state index contributed by atoms with van der Waals surface area (Å²) in [6.07, 6.45) is 12.2. The van der Waals surface area contributed by atoms with Crippen molar-refractivity contribution in [1.29, 1.82) is 0 Å². The number of imidazole rings is 1. The summed E-state index contributed by atoms with van der Waals surface area (Å²) >= 11 is 0. The van der Waals surface area contributed by atoms with Crippen LogP contribution in [0.3, 0.4) is 0 Å². The van der Waals surface area contributed by atoms with Crippen molar-refractivity contribution in [2.24, 2.45) is 4.99 Å². The van der Waals surface area contributed by atoms with Gasteiger partial charge in [-0.05, 0) is 35.1 Å². The summed E-state index contributed by atoms with van der Waals surface area (Å²) in [6.45, 7) is 1.56. The van der Waals surface area contributed by atoms with E-state index in [1.165, 1.54) is 22.3 Å². The molecule has 5 nitrogen and oxygen atoms in total. The highest BCUT2D eigenvalue weighted by molar-refractivity contribution is 14.0. The number of aromatic nitrogens is 2. The lowest BCUT2D eigenvalue weighted by Gasteiger charge is -2.18. The molecule has 0 bridgehead atoms. The van der Waals surface area contributed by atoms with E-state index in [1.807, 2.05) is 25.8 Å². The summed E-state index contributed by atoms with van der Waals surface area (Å²) in [7, 11) is 1.82. The van der Waals surface area contributed by atoms with Crippen molar-refractivity contribution >= 4 is 29.9 Å². The first-order valence-electron chi connectivity index (χ1n) is 10.1. The van der Waals surface area contributed by atoms with Crippen LogP contribution in [-0.4, -0.2) is 28.6 Å². The lowest BCUT2D eigenvalue weighted by Crippen LogP contribution is -2.42. The van der Waals surface area contributed by atoms with Gasteiger partial charge in [0.2, 0.25) is 0 Å². The maximum atomic E-state index is 4.38. The number of nitrogens with one attached hydrogen (secondary N) is 2. The Labute approximate surface area is 195 Å². The van der Waals surface area contributed by atoms with Gasteiger partial charge in [0, 0.05) is 38.6 Å². The summed E-state index contributed by atoms with van der Waals surface area (Å²) in [6, 6.07) is 17.7. The van der Waals surface area contributed by atoms with E-state index < -0.39 is 0 Å². The number of benzene rings is 2. The highest BCUT2D eigenvalue weighted by Crippen LogP contribution is 2.24. The predicted molar refractivity (Wildman–Crippen MR) is 134 cm³/mol. The lowest BCUT2D eigenvalue weighted by atomic mass is 9.98. The summed E-state index contributed by atoms with van der Waals surface area (Å²) in [5.41, 5.74) is 4.98. The first-order valence-corrected chi connectivity index (χ1v) is 10.1. The zero-order valence-electron chi connectivity index (χ0n) is 17.2. The molecular formula is C24H28IN5. The van der Waals surface area contributed by atoms with Crippen molar-refractivity contribution in [3.05, 3.63) is 90.5 Å². The third-order valence-corrected chi connectivity index (χ3v) is 5.23. The monoisotopic (exact) mass is 513 g/mol. The molecule has 0 unspecified atom stereocenters. The van der Waals surface area contributed by atoms with Crippen LogP contribution < -0.4 is 10.6 Å². The minimum atomic E-state index is 0. The molecule has 0 atom stereocenters. The van der Waals surface area contributed by atoms with Crippen molar-refractivity contribution < 1.29 is 0 Å². The first kappa shape index (κ1) is 22.1. The van der Waals surface area contributed by atoms with E-state index in [1.54, 1.807) is 0 Å². The quantitative estimate of drug-likeness (QED) is 0.219. The average molecular weight is 513 g/mol. The molecule has 1 aromatic heterocycles. The Bertz CT molecular complexity index is 969. The molecule has 0 spiro atoms. The Hall–Kier alpha value is -2.61. The fourth-order valence-electron chi connectivity index (χ4n) is 3.64.